The molecule has 6 heteroatoms. The Balaban J connectivity index is 2.36. The average Bonchev–Trinajstić information content (AvgIpc) is 2.43. The molecule has 0 radical (unpaired) electrons. The normalized spacial score (nSPS) is 26.4. The number of halogens is 1. The second-order valence-corrected chi connectivity index (χ2v) is 3.37. The van der Waals surface area contributed by atoms with Crippen molar-refractivity contribution in [2.75, 3.05) is 0 Å². The zero-order valence-corrected chi connectivity index (χ0v) is 7.73. The van der Waals surface area contributed by atoms with Gasteiger partial charge in [-0.05, 0) is 0 Å². The second kappa shape index (κ2) is 3.34. The van der Waals surface area contributed by atoms with E-state index >= 15 is 0 Å². The first-order chi connectivity index (χ1) is 6.70. The third-order valence-electron chi connectivity index (χ3n) is 2.01. The van der Waals surface area contributed by atoms with E-state index < -0.39 is 23.1 Å². The lowest BCUT2D eigenvalue weighted by atomic mass is 10.0. The zero-order chi connectivity index (χ0) is 10.1. The Kier molecular flexibility index (Phi) is 2.17. The monoisotopic (exact) mass is 211 g/mol. The molecule has 1 aliphatic heterocycles. The lowest BCUT2D eigenvalue weighted by molar-refractivity contribution is -0.125. The number of imide groups is 1. The molecule has 0 spiro atoms. The maximum atomic E-state index is 11.3. The van der Waals surface area contributed by atoms with Crippen LogP contribution in [0.25, 0.3) is 0 Å². The highest BCUT2D eigenvalue weighted by Gasteiger charge is 2.41. The Hall–Kier alpha value is -1.49. The van der Waals surface area contributed by atoms with Crippen molar-refractivity contribution in [2.45, 2.75) is 11.3 Å². The molecular formula is C8H6ClN3O2. The van der Waals surface area contributed by atoms with Crippen molar-refractivity contribution in [3.05, 3.63) is 24.3 Å². The molecule has 2 atom stereocenters. The van der Waals surface area contributed by atoms with Gasteiger partial charge in [0.2, 0.25) is 11.8 Å². The summed E-state index contributed by atoms with van der Waals surface area (Å²) in [6, 6.07) is 0. The van der Waals surface area contributed by atoms with Gasteiger partial charge in [0.25, 0.3) is 0 Å². The van der Waals surface area contributed by atoms with Gasteiger partial charge in [-0.2, -0.15) is 0 Å². The Labute approximate surface area is 84.5 Å². The molecule has 1 aliphatic rings. The van der Waals surface area contributed by atoms with Crippen molar-refractivity contribution in [3.8, 4) is 0 Å². The minimum absolute atomic E-state index is 0.398. The van der Waals surface area contributed by atoms with Crippen LogP contribution in [0.2, 0.25) is 0 Å². The van der Waals surface area contributed by atoms with E-state index in [1.807, 2.05) is 0 Å². The summed E-state index contributed by atoms with van der Waals surface area (Å²) in [6.45, 7) is 0. The number of aromatic nitrogens is 2. The molecule has 14 heavy (non-hydrogen) atoms. The molecule has 1 saturated heterocycles. The second-order valence-electron chi connectivity index (χ2n) is 2.90. The third kappa shape index (κ3) is 1.35. The van der Waals surface area contributed by atoms with Crippen molar-refractivity contribution in [2.24, 2.45) is 0 Å². The topological polar surface area (TPSA) is 72.0 Å². The highest BCUT2D eigenvalue weighted by Crippen LogP contribution is 2.27. The average molecular weight is 212 g/mol. The standard InChI is InChI=1S/C8H6ClN3O2/c9-6-5(7(13)12-8(6)14)4-1-10-3-11-2-4/h1-3,5-6H,(H,12,13,14). The summed E-state index contributed by atoms with van der Waals surface area (Å²) in [6.07, 6.45) is 4.30. The molecule has 0 bridgehead atoms. The van der Waals surface area contributed by atoms with Crippen molar-refractivity contribution < 1.29 is 9.59 Å². The van der Waals surface area contributed by atoms with E-state index in [2.05, 4.69) is 15.3 Å². The van der Waals surface area contributed by atoms with Crippen LogP contribution in [-0.4, -0.2) is 27.2 Å². The van der Waals surface area contributed by atoms with Crippen LogP contribution in [0.5, 0.6) is 0 Å². The van der Waals surface area contributed by atoms with E-state index in [-0.39, 0.29) is 0 Å². The van der Waals surface area contributed by atoms with Crippen molar-refractivity contribution in [1.29, 1.82) is 0 Å². The number of amides is 2. The number of rotatable bonds is 1. The molecule has 1 aromatic heterocycles. The fourth-order valence-electron chi connectivity index (χ4n) is 1.34. The summed E-state index contributed by atoms with van der Waals surface area (Å²) in [5.74, 6) is -1.54. The molecule has 1 fully saturated rings. The number of carbonyl (C=O) groups is 2. The van der Waals surface area contributed by atoms with Gasteiger partial charge in [0.1, 0.15) is 11.7 Å². The Bertz CT molecular complexity index is 381. The van der Waals surface area contributed by atoms with Crippen LogP contribution < -0.4 is 5.32 Å². The lowest BCUT2D eigenvalue weighted by Gasteiger charge is -2.07. The number of nitrogens with zero attached hydrogens (tertiary/aromatic N) is 2. The zero-order valence-electron chi connectivity index (χ0n) is 6.98. The first-order valence-electron chi connectivity index (χ1n) is 3.94. The predicted octanol–water partition coefficient (Wildman–Crippen LogP) is -0.176. The molecule has 2 unspecified atom stereocenters. The Morgan fingerprint density at radius 2 is 1.86 bits per heavy atom. The number of hydrogen-bond acceptors (Lipinski definition) is 4. The Morgan fingerprint density at radius 3 is 2.36 bits per heavy atom. The molecule has 1 aromatic rings. The minimum Gasteiger partial charge on any atom is -0.295 e. The van der Waals surface area contributed by atoms with Crippen LogP contribution >= 0.6 is 11.6 Å². The molecule has 1 N–H and O–H groups in total. The van der Waals surface area contributed by atoms with Crippen molar-refractivity contribution in [1.82, 2.24) is 15.3 Å². The smallest absolute Gasteiger partial charge is 0.245 e. The van der Waals surface area contributed by atoms with E-state index in [1.54, 1.807) is 0 Å². The summed E-state index contributed by atoms with van der Waals surface area (Å²) in [7, 11) is 0. The first-order valence-corrected chi connectivity index (χ1v) is 4.37. The number of hydrogen-bond donors (Lipinski definition) is 1. The fraction of sp³-hybridized carbons (Fsp3) is 0.250. The van der Waals surface area contributed by atoms with Crippen LogP contribution in [0.15, 0.2) is 18.7 Å². The molecular weight excluding hydrogens is 206 g/mol. The van der Waals surface area contributed by atoms with Crippen LogP contribution in [0.1, 0.15) is 11.5 Å². The maximum Gasteiger partial charge on any atom is 0.245 e. The summed E-state index contributed by atoms with van der Waals surface area (Å²) in [4.78, 5) is 29.9. The van der Waals surface area contributed by atoms with E-state index in [4.69, 9.17) is 11.6 Å². The summed E-state index contributed by atoms with van der Waals surface area (Å²) in [5, 5.41) is 1.28. The minimum atomic E-state index is -0.867. The van der Waals surface area contributed by atoms with Gasteiger partial charge >= 0.3 is 0 Å². The molecule has 72 valence electrons. The van der Waals surface area contributed by atoms with E-state index in [1.165, 1.54) is 18.7 Å². The van der Waals surface area contributed by atoms with Crippen LogP contribution in [0.3, 0.4) is 0 Å². The molecule has 2 amide bonds. The lowest BCUT2D eigenvalue weighted by Crippen LogP contribution is -2.22. The van der Waals surface area contributed by atoms with Crippen LogP contribution in [0.4, 0.5) is 0 Å². The van der Waals surface area contributed by atoms with Gasteiger partial charge < -0.3 is 0 Å². The van der Waals surface area contributed by atoms with Gasteiger partial charge in [0.05, 0.1) is 5.92 Å². The van der Waals surface area contributed by atoms with E-state index in [9.17, 15) is 9.59 Å². The van der Waals surface area contributed by atoms with Crippen LogP contribution in [0, 0.1) is 0 Å². The molecule has 0 saturated carbocycles. The molecule has 0 aliphatic carbocycles. The first kappa shape index (κ1) is 9.08. The molecule has 0 aromatic carbocycles. The Morgan fingerprint density at radius 1 is 1.21 bits per heavy atom. The fourth-order valence-corrected chi connectivity index (χ4v) is 1.66. The van der Waals surface area contributed by atoms with Crippen LogP contribution in [-0.2, 0) is 9.59 Å². The van der Waals surface area contributed by atoms with Gasteiger partial charge in [0.15, 0.2) is 0 Å². The van der Waals surface area contributed by atoms with Gasteiger partial charge in [-0.15, -0.1) is 11.6 Å². The van der Waals surface area contributed by atoms with Crippen molar-refractivity contribution in [3.63, 3.8) is 0 Å². The quantitative estimate of drug-likeness (QED) is 0.517. The van der Waals surface area contributed by atoms with Gasteiger partial charge in [-0.3, -0.25) is 14.9 Å². The summed E-state index contributed by atoms with van der Waals surface area (Å²) >= 11 is 5.77. The number of carbonyl (C=O) groups excluding carboxylic acids is 2. The largest absolute Gasteiger partial charge is 0.295 e. The molecule has 5 nitrogen and oxygen atoms in total. The maximum absolute atomic E-state index is 11.3. The van der Waals surface area contributed by atoms with Gasteiger partial charge in [-0.25, -0.2) is 9.97 Å². The highest BCUT2D eigenvalue weighted by atomic mass is 35.5. The van der Waals surface area contributed by atoms with Gasteiger partial charge in [-0.1, -0.05) is 0 Å². The molecule has 2 heterocycles. The number of alkyl halides is 1. The van der Waals surface area contributed by atoms with E-state index in [0.29, 0.717) is 5.56 Å². The van der Waals surface area contributed by atoms with Crippen molar-refractivity contribution >= 4 is 23.4 Å². The summed E-state index contributed by atoms with van der Waals surface area (Å²) in [5.41, 5.74) is 0.552. The number of nitrogens with one attached hydrogen (secondary N) is 1. The van der Waals surface area contributed by atoms with E-state index in [0.717, 1.165) is 0 Å². The van der Waals surface area contributed by atoms with Gasteiger partial charge in [0, 0.05) is 18.0 Å². The highest BCUT2D eigenvalue weighted by molar-refractivity contribution is 6.37. The summed E-state index contributed by atoms with van der Waals surface area (Å²) < 4.78 is 0. The predicted molar refractivity (Wildman–Crippen MR) is 47.6 cm³/mol. The molecule has 2 rings (SSSR count). The SMILES string of the molecule is O=C1NC(=O)C(c2cncnc2)C1Cl. The third-order valence-corrected chi connectivity index (χ3v) is 2.46.